The van der Waals surface area contributed by atoms with E-state index in [0.29, 0.717) is 22.9 Å². The molecule has 7 heteroatoms. The number of methoxy groups -OCH3 is 2. The molecule has 3 rings (SSSR count). The lowest BCUT2D eigenvalue weighted by molar-refractivity contribution is 0.0946. The van der Waals surface area contributed by atoms with Gasteiger partial charge in [0.25, 0.3) is 5.91 Å². The van der Waals surface area contributed by atoms with Crippen molar-refractivity contribution >= 4 is 5.91 Å². The van der Waals surface area contributed by atoms with Crippen molar-refractivity contribution in [2.24, 2.45) is 0 Å². The Morgan fingerprint density at radius 1 is 1.12 bits per heavy atom. The van der Waals surface area contributed by atoms with Crippen LogP contribution in [0.1, 0.15) is 16.2 Å². The Balaban J connectivity index is 1.77. The number of para-hydroxylation sites is 1. The molecular formula is C18H18N4O3. The van der Waals surface area contributed by atoms with Gasteiger partial charge in [-0.25, -0.2) is 0 Å². The second kappa shape index (κ2) is 7.48. The lowest BCUT2D eigenvalue weighted by Crippen LogP contribution is -2.25. The second-order valence-corrected chi connectivity index (χ2v) is 5.20. The van der Waals surface area contributed by atoms with Crippen LogP contribution in [0.15, 0.2) is 54.9 Å². The van der Waals surface area contributed by atoms with E-state index in [4.69, 9.17) is 9.47 Å². The first kappa shape index (κ1) is 16.5. The Hall–Kier alpha value is -3.35. The molecule has 0 bridgehead atoms. The number of nitrogens with zero attached hydrogens (tertiary/aromatic N) is 3. The van der Waals surface area contributed by atoms with Crippen LogP contribution in [0, 0.1) is 0 Å². The van der Waals surface area contributed by atoms with E-state index in [9.17, 15) is 4.79 Å². The summed E-state index contributed by atoms with van der Waals surface area (Å²) in [6.45, 7) is 0.230. The molecule has 0 saturated heterocycles. The summed E-state index contributed by atoms with van der Waals surface area (Å²) in [5.41, 5.74) is 1.32. The molecule has 25 heavy (non-hydrogen) atoms. The lowest BCUT2D eigenvalue weighted by Gasteiger charge is -2.11. The molecule has 7 nitrogen and oxygen atoms in total. The van der Waals surface area contributed by atoms with Crippen molar-refractivity contribution in [2.75, 3.05) is 14.2 Å². The van der Waals surface area contributed by atoms with Gasteiger partial charge in [-0.1, -0.05) is 18.2 Å². The Bertz CT molecular complexity index is 862. The molecule has 0 radical (unpaired) electrons. The number of ether oxygens (including phenoxy) is 2. The molecule has 0 spiro atoms. The zero-order valence-electron chi connectivity index (χ0n) is 14.0. The first-order valence-electron chi connectivity index (χ1n) is 7.67. The number of carbonyl (C=O) groups excluding carboxylic acids is 1. The third-order valence-corrected chi connectivity index (χ3v) is 3.71. The summed E-state index contributed by atoms with van der Waals surface area (Å²) >= 11 is 0. The van der Waals surface area contributed by atoms with Gasteiger partial charge in [0, 0.05) is 5.69 Å². The highest BCUT2D eigenvalue weighted by Crippen LogP contribution is 2.23. The SMILES string of the molecule is COc1ccc(OC)c(C(=O)NCc2nncn2-c2ccccc2)c1. The Morgan fingerprint density at radius 2 is 1.92 bits per heavy atom. The number of aromatic nitrogens is 3. The fraction of sp³-hybridized carbons (Fsp3) is 0.167. The predicted octanol–water partition coefficient (Wildman–Crippen LogP) is 2.21. The van der Waals surface area contributed by atoms with Crippen molar-refractivity contribution < 1.29 is 14.3 Å². The van der Waals surface area contributed by atoms with Crippen LogP contribution in [0.25, 0.3) is 5.69 Å². The first-order chi connectivity index (χ1) is 12.2. The normalized spacial score (nSPS) is 10.3. The van der Waals surface area contributed by atoms with Crippen molar-refractivity contribution in [1.82, 2.24) is 20.1 Å². The number of nitrogens with one attached hydrogen (secondary N) is 1. The fourth-order valence-corrected chi connectivity index (χ4v) is 2.43. The minimum atomic E-state index is -0.279. The predicted molar refractivity (Wildman–Crippen MR) is 92.1 cm³/mol. The average molecular weight is 338 g/mol. The lowest BCUT2D eigenvalue weighted by atomic mass is 10.1. The second-order valence-electron chi connectivity index (χ2n) is 5.20. The summed E-state index contributed by atoms with van der Waals surface area (Å²) < 4.78 is 12.2. The molecule has 0 unspecified atom stereocenters. The van der Waals surface area contributed by atoms with E-state index >= 15 is 0 Å². The molecule has 1 aromatic heterocycles. The molecule has 0 saturated carbocycles. The molecule has 1 heterocycles. The minimum absolute atomic E-state index is 0.230. The summed E-state index contributed by atoms with van der Waals surface area (Å²) in [7, 11) is 3.07. The van der Waals surface area contributed by atoms with Crippen LogP contribution in [-0.2, 0) is 6.54 Å². The van der Waals surface area contributed by atoms with Crippen molar-refractivity contribution in [1.29, 1.82) is 0 Å². The Kier molecular flexibility index (Phi) is 4.94. The van der Waals surface area contributed by atoms with E-state index in [1.165, 1.54) is 7.11 Å². The van der Waals surface area contributed by atoms with Gasteiger partial charge in [0.15, 0.2) is 5.82 Å². The summed E-state index contributed by atoms with van der Waals surface area (Å²) in [5, 5.41) is 10.8. The maximum atomic E-state index is 12.5. The molecule has 1 N–H and O–H groups in total. The molecule has 0 fully saturated rings. The van der Waals surface area contributed by atoms with E-state index in [-0.39, 0.29) is 12.5 Å². The van der Waals surface area contributed by atoms with Gasteiger partial charge in [-0.2, -0.15) is 0 Å². The molecule has 3 aromatic rings. The molecule has 1 amide bonds. The van der Waals surface area contributed by atoms with Gasteiger partial charge in [-0.3, -0.25) is 9.36 Å². The third-order valence-electron chi connectivity index (χ3n) is 3.71. The Labute approximate surface area is 145 Å². The highest BCUT2D eigenvalue weighted by Gasteiger charge is 2.15. The van der Waals surface area contributed by atoms with Crippen molar-refractivity contribution in [3.05, 3.63) is 66.2 Å². The van der Waals surface area contributed by atoms with Crippen molar-refractivity contribution in [3.8, 4) is 17.2 Å². The molecule has 0 atom stereocenters. The van der Waals surface area contributed by atoms with Crippen molar-refractivity contribution in [2.45, 2.75) is 6.54 Å². The zero-order chi connectivity index (χ0) is 17.6. The van der Waals surface area contributed by atoms with Crippen LogP contribution in [0.2, 0.25) is 0 Å². The van der Waals surface area contributed by atoms with Gasteiger partial charge < -0.3 is 14.8 Å². The molecule has 2 aromatic carbocycles. The van der Waals surface area contributed by atoms with Gasteiger partial charge >= 0.3 is 0 Å². The molecule has 0 aliphatic rings. The van der Waals surface area contributed by atoms with Crippen LogP contribution in [-0.4, -0.2) is 34.9 Å². The van der Waals surface area contributed by atoms with Crippen LogP contribution in [0.5, 0.6) is 11.5 Å². The highest BCUT2D eigenvalue weighted by atomic mass is 16.5. The van der Waals surface area contributed by atoms with E-state index in [1.54, 1.807) is 31.6 Å². The highest BCUT2D eigenvalue weighted by molar-refractivity contribution is 5.97. The van der Waals surface area contributed by atoms with E-state index in [2.05, 4.69) is 15.5 Å². The number of amides is 1. The van der Waals surface area contributed by atoms with Crippen LogP contribution in [0.4, 0.5) is 0 Å². The average Bonchev–Trinajstić information content (AvgIpc) is 3.14. The fourth-order valence-electron chi connectivity index (χ4n) is 2.43. The number of hydrogen-bond donors (Lipinski definition) is 1. The summed E-state index contributed by atoms with van der Waals surface area (Å²) in [4.78, 5) is 12.5. The maximum absolute atomic E-state index is 12.5. The van der Waals surface area contributed by atoms with E-state index in [1.807, 2.05) is 34.9 Å². The van der Waals surface area contributed by atoms with Crippen LogP contribution >= 0.6 is 0 Å². The minimum Gasteiger partial charge on any atom is -0.497 e. The monoisotopic (exact) mass is 338 g/mol. The largest absolute Gasteiger partial charge is 0.497 e. The summed E-state index contributed by atoms with van der Waals surface area (Å²) in [5.74, 6) is 1.40. The molecule has 128 valence electrons. The standard InChI is InChI=1S/C18H18N4O3/c1-24-14-8-9-16(25-2)15(10-14)18(23)19-11-17-21-20-12-22(17)13-6-4-3-5-7-13/h3-10,12H,11H2,1-2H3,(H,19,23). The number of benzene rings is 2. The zero-order valence-corrected chi connectivity index (χ0v) is 14.0. The van der Waals surface area contributed by atoms with Crippen molar-refractivity contribution in [3.63, 3.8) is 0 Å². The number of carbonyl (C=O) groups is 1. The number of rotatable bonds is 6. The Morgan fingerprint density at radius 3 is 2.64 bits per heavy atom. The van der Waals surface area contributed by atoms with Crippen LogP contribution < -0.4 is 14.8 Å². The van der Waals surface area contributed by atoms with E-state index < -0.39 is 0 Å². The third kappa shape index (κ3) is 3.60. The van der Waals surface area contributed by atoms with Gasteiger partial charge in [0.05, 0.1) is 26.3 Å². The maximum Gasteiger partial charge on any atom is 0.255 e. The smallest absolute Gasteiger partial charge is 0.255 e. The summed E-state index contributed by atoms with van der Waals surface area (Å²) in [6.07, 6.45) is 1.61. The summed E-state index contributed by atoms with van der Waals surface area (Å²) in [6, 6.07) is 14.7. The van der Waals surface area contributed by atoms with Gasteiger partial charge in [-0.05, 0) is 30.3 Å². The topological polar surface area (TPSA) is 78.3 Å². The molecule has 0 aliphatic carbocycles. The van der Waals surface area contributed by atoms with Gasteiger partial charge in [0.2, 0.25) is 0 Å². The van der Waals surface area contributed by atoms with E-state index in [0.717, 1.165) is 5.69 Å². The first-order valence-corrected chi connectivity index (χ1v) is 7.67. The van der Waals surface area contributed by atoms with Crippen LogP contribution in [0.3, 0.4) is 0 Å². The quantitative estimate of drug-likeness (QED) is 0.745. The molecule has 0 aliphatic heterocycles. The van der Waals surface area contributed by atoms with Gasteiger partial charge in [-0.15, -0.1) is 10.2 Å². The van der Waals surface area contributed by atoms with Gasteiger partial charge in [0.1, 0.15) is 17.8 Å². The molecular weight excluding hydrogens is 320 g/mol. The number of hydrogen-bond acceptors (Lipinski definition) is 5.